The second-order valence-electron chi connectivity index (χ2n) is 5.07. The Balaban J connectivity index is 1.87. The Kier molecular flexibility index (Phi) is 5.79. The number of unbranched alkanes of at least 4 members (excludes halogenated alkanes) is 3. The summed E-state index contributed by atoms with van der Waals surface area (Å²) < 4.78 is 14.5. The Hall–Kier alpha value is -0.940. The third kappa shape index (κ3) is 4.28. The topological polar surface area (TPSA) is 38.3 Å². The molecule has 1 aromatic heterocycles. The average molecular weight is 281 g/mol. The quantitative estimate of drug-likeness (QED) is 0.719. The lowest BCUT2D eigenvalue weighted by Gasteiger charge is -2.21. The SMILES string of the molecule is CCCCCCOc1nsnc1C1=CCN(C)CC1. The van der Waals surface area contributed by atoms with Gasteiger partial charge in [-0.1, -0.05) is 32.3 Å². The van der Waals surface area contributed by atoms with Crippen LogP contribution in [-0.4, -0.2) is 40.4 Å². The van der Waals surface area contributed by atoms with E-state index >= 15 is 0 Å². The van der Waals surface area contributed by atoms with Crippen LogP contribution in [-0.2, 0) is 0 Å². The van der Waals surface area contributed by atoms with Gasteiger partial charge in [-0.05, 0) is 25.5 Å². The molecule has 1 aliphatic rings. The highest BCUT2D eigenvalue weighted by Crippen LogP contribution is 2.28. The molecule has 0 fully saturated rings. The van der Waals surface area contributed by atoms with E-state index in [0.717, 1.165) is 44.1 Å². The van der Waals surface area contributed by atoms with E-state index in [1.165, 1.54) is 36.6 Å². The van der Waals surface area contributed by atoms with Crippen molar-refractivity contribution in [3.63, 3.8) is 0 Å². The number of hydrogen-bond donors (Lipinski definition) is 0. The van der Waals surface area contributed by atoms with Gasteiger partial charge in [0, 0.05) is 13.1 Å². The highest BCUT2D eigenvalue weighted by molar-refractivity contribution is 6.99. The Morgan fingerprint density at radius 1 is 1.32 bits per heavy atom. The van der Waals surface area contributed by atoms with Gasteiger partial charge < -0.3 is 9.64 Å². The van der Waals surface area contributed by atoms with Crippen molar-refractivity contribution in [3.8, 4) is 5.88 Å². The van der Waals surface area contributed by atoms with Crippen LogP contribution in [0.3, 0.4) is 0 Å². The van der Waals surface area contributed by atoms with Crippen LogP contribution in [0.15, 0.2) is 6.08 Å². The summed E-state index contributed by atoms with van der Waals surface area (Å²) >= 11 is 1.25. The van der Waals surface area contributed by atoms with Crippen molar-refractivity contribution in [2.75, 3.05) is 26.7 Å². The highest BCUT2D eigenvalue weighted by Gasteiger charge is 2.17. The summed E-state index contributed by atoms with van der Waals surface area (Å²) in [5, 5.41) is 0. The van der Waals surface area contributed by atoms with Crippen molar-refractivity contribution in [1.29, 1.82) is 0 Å². The van der Waals surface area contributed by atoms with E-state index in [1.54, 1.807) is 0 Å². The zero-order valence-electron chi connectivity index (χ0n) is 11.9. The lowest BCUT2D eigenvalue weighted by molar-refractivity contribution is 0.295. The van der Waals surface area contributed by atoms with Gasteiger partial charge in [0.25, 0.3) is 5.88 Å². The van der Waals surface area contributed by atoms with E-state index < -0.39 is 0 Å². The molecule has 0 bridgehead atoms. The maximum absolute atomic E-state index is 5.79. The fourth-order valence-corrected chi connectivity index (χ4v) is 2.69. The third-order valence-electron chi connectivity index (χ3n) is 3.41. The molecule has 0 saturated carbocycles. The second kappa shape index (κ2) is 7.60. The number of aromatic nitrogens is 2. The molecule has 0 aliphatic carbocycles. The van der Waals surface area contributed by atoms with Crippen molar-refractivity contribution in [3.05, 3.63) is 11.8 Å². The van der Waals surface area contributed by atoms with Gasteiger partial charge in [0.05, 0.1) is 18.3 Å². The molecule has 0 amide bonds. The van der Waals surface area contributed by atoms with E-state index in [4.69, 9.17) is 4.74 Å². The van der Waals surface area contributed by atoms with Gasteiger partial charge in [0.2, 0.25) is 0 Å². The smallest absolute Gasteiger partial charge is 0.253 e. The van der Waals surface area contributed by atoms with Crippen LogP contribution in [0.5, 0.6) is 5.88 Å². The Morgan fingerprint density at radius 2 is 2.21 bits per heavy atom. The van der Waals surface area contributed by atoms with Gasteiger partial charge in [-0.15, -0.1) is 4.37 Å². The molecule has 0 spiro atoms. The molecule has 2 heterocycles. The number of ether oxygens (including phenoxy) is 1. The van der Waals surface area contributed by atoms with Gasteiger partial charge in [-0.3, -0.25) is 0 Å². The molecule has 0 N–H and O–H groups in total. The van der Waals surface area contributed by atoms with Crippen LogP contribution in [0.1, 0.15) is 44.7 Å². The van der Waals surface area contributed by atoms with Crippen LogP contribution < -0.4 is 4.74 Å². The normalized spacial score (nSPS) is 16.4. The fraction of sp³-hybridized carbons (Fsp3) is 0.714. The maximum atomic E-state index is 5.79. The van der Waals surface area contributed by atoms with Gasteiger partial charge in [0.15, 0.2) is 0 Å². The molecule has 0 saturated heterocycles. The molecule has 4 nitrogen and oxygen atoms in total. The number of hydrogen-bond acceptors (Lipinski definition) is 5. The van der Waals surface area contributed by atoms with Crippen molar-refractivity contribution < 1.29 is 4.74 Å². The van der Waals surface area contributed by atoms with Gasteiger partial charge in [0.1, 0.15) is 5.69 Å². The number of rotatable bonds is 7. The van der Waals surface area contributed by atoms with Crippen molar-refractivity contribution in [1.82, 2.24) is 13.6 Å². The van der Waals surface area contributed by atoms with Crippen molar-refractivity contribution in [2.45, 2.75) is 39.0 Å². The first-order valence-corrected chi connectivity index (χ1v) is 7.87. The first-order valence-electron chi connectivity index (χ1n) is 7.14. The van der Waals surface area contributed by atoms with E-state index in [-0.39, 0.29) is 0 Å². The third-order valence-corrected chi connectivity index (χ3v) is 3.92. The summed E-state index contributed by atoms with van der Waals surface area (Å²) in [6.07, 6.45) is 8.15. The molecule has 19 heavy (non-hydrogen) atoms. The minimum absolute atomic E-state index is 0.734. The molecule has 0 radical (unpaired) electrons. The summed E-state index contributed by atoms with van der Waals surface area (Å²) in [7, 11) is 2.14. The monoisotopic (exact) mass is 281 g/mol. The van der Waals surface area contributed by atoms with Crippen LogP contribution in [0, 0.1) is 0 Å². The molecule has 0 aromatic carbocycles. The predicted octanol–water partition coefficient (Wildman–Crippen LogP) is 3.22. The Morgan fingerprint density at radius 3 is 2.95 bits per heavy atom. The summed E-state index contributed by atoms with van der Waals surface area (Å²) in [6.45, 7) is 5.05. The molecule has 0 atom stereocenters. The average Bonchev–Trinajstić information content (AvgIpc) is 2.88. The zero-order chi connectivity index (χ0) is 13.5. The first-order chi connectivity index (χ1) is 9.31. The molecule has 5 heteroatoms. The van der Waals surface area contributed by atoms with Crippen molar-refractivity contribution >= 4 is 17.3 Å². The lowest BCUT2D eigenvalue weighted by atomic mass is 10.1. The minimum Gasteiger partial charge on any atom is -0.475 e. The summed E-state index contributed by atoms with van der Waals surface area (Å²) in [4.78, 5) is 2.30. The predicted molar refractivity (Wildman–Crippen MR) is 79.6 cm³/mol. The molecular formula is C14H23N3OS. The van der Waals surface area contributed by atoms with E-state index in [2.05, 4.69) is 33.7 Å². The maximum Gasteiger partial charge on any atom is 0.253 e. The minimum atomic E-state index is 0.734. The van der Waals surface area contributed by atoms with Gasteiger partial charge in [-0.25, -0.2) is 0 Å². The summed E-state index contributed by atoms with van der Waals surface area (Å²) in [5.74, 6) is 0.734. The van der Waals surface area contributed by atoms with Crippen molar-refractivity contribution in [2.24, 2.45) is 0 Å². The molecule has 106 valence electrons. The lowest BCUT2D eigenvalue weighted by Crippen LogP contribution is -2.23. The Bertz CT molecular complexity index is 417. The zero-order valence-corrected chi connectivity index (χ0v) is 12.7. The standard InChI is InChI=1S/C14H23N3OS/c1-3-4-5-6-11-18-14-13(15-19-16-14)12-7-9-17(2)10-8-12/h7H,3-6,8-11H2,1-2H3. The van der Waals surface area contributed by atoms with Gasteiger partial charge in [-0.2, -0.15) is 4.37 Å². The molecular weight excluding hydrogens is 258 g/mol. The number of likely N-dealkylation sites (N-methyl/N-ethyl adjacent to an activating group) is 1. The number of nitrogens with zero attached hydrogens (tertiary/aromatic N) is 3. The highest BCUT2D eigenvalue weighted by atomic mass is 32.1. The molecule has 1 aliphatic heterocycles. The van der Waals surface area contributed by atoms with Crippen LogP contribution in [0.4, 0.5) is 0 Å². The summed E-state index contributed by atoms with van der Waals surface area (Å²) in [6, 6.07) is 0. The molecule has 2 rings (SSSR count). The fourth-order valence-electron chi connectivity index (χ4n) is 2.15. The van der Waals surface area contributed by atoms with Gasteiger partial charge >= 0.3 is 0 Å². The molecule has 0 unspecified atom stereocenters. The first kappa shape index (κ1) is 14.5. The summed E-state index contributed by atoms with van der Waals surface area (Å²) in [5.41, 5.74) is 2.25. The molecule has 1 aromatic rings. The Labute approximate surface area is 119 Å². The van der Waals surface area contributed by atoms with E-state index in [0.29, 0.717) is 0 Å². The van der Waals surface area contributed by atoms with E-state index in [9.17, 15) is 0 Å². The van der Waals surface area contributed by atoms with Crippen LogP contribution >= 0.6 is 11.7 Å². The second-order valence-corrected chi connectivity index (χ2v) is 5.60. The van der Waals surface area contributed by atoms with Crippen LogP contribution in [0.25, 0.3) is 5.57 Å². The van der Waals surface area contributed by atoms with Crippen LogP contribution in [0.2, 0.25) is 0 Å². The largest absolute Gasteiger partial charge is 0.475 e. The van der Waals surface area contributed by atoms with E-state index in [1.807, 2.05) is 0 Å².